The largest absolute Gasteiger partial charge is 0.493 e. The molecule has 25 heavy (non-hydrogen) atoms. The van der Waals surface area contributed by atoms with E-state index in [2.05, 4.69) is 36.5 Å². The summed E-state index contributed by atoms with van der Waals surface area (Å²) in [5, 5.41) is 2.91. The molecular formula is C20H25NO3S. The standard InChI is InChI=1S/C20H25NO3S/c1-15-7-6-8-17(13-15)14-25-12-11-21-20(22)16(2)24-19-10-5-4-9-18(19)23-3/h4-10,13,16H,11-12,14H2,1-3H3,(H,21,22)/t16-/m1/s1. The quantitative estimate of drug-likeness (QED) is 0.692. The van der Waals surface area contributed by atoms with Crippen LogP contribution in [0.2, 0.25) is 0 Å². The Morgan fingerprint density at radius 2 is 1.92 bits per heavy atom. The maximum atomic E-state index is 12.1. The van der Waals surface area contributed by atoms with Gasteiger partial charge in [0.15, 0.2) is 17.6 Å². The van der Waals surface area contributed by atoms with Gasteiger partial charge in [-0.15, -0.1) is 0 Å². The van der Waals surface area contributed by atoms with Gasteiger partial charge in [-0.05, 0) is 31.5 Å². The number of hydrogen-bond acceptors (Lipinski definition) is 4. The second-order valence-electron chi connectivity index (χ2n) is 5.74. The molecule has 0 saturated heterocycles. The summed E-state index contributed by atoms with van der Waals surface area (Å²) in [6, 6.07) is 15.8. The second kappa shape index (κ2) is 9.99. The topological polar surface area (TPSA) is 47.6 Å². The number of thioether (sulfide) groups is 1. The summed E-state index contributed by atoms with van der Waals surface area (Å²) in [7, 11) is 1.58. The Hall–Kier alpha value is -2.14. The monoisotopic (exact) mass is 359 g/mol. The highest BCUT2D eigenvalue weighted by Gasteiger charge is 2.15. The summed E-state index contributed by atoms with van der Waals surface area (Å²) >= 11 is 1.80. The highest BCUT2D eigenvalue weighted by Crippen LogP contribution is 2.26. The Morgan fingerprint density at radius 3 is 2.64 bits per heavy atom. The molecule has 0 aliphatic carbocycles. The second-order valence-corrected chi connectivity index (χ2v) is 6.85. The number of hydrogen-bond donors (Lipinski definition) is 1. The zero-order valence-electron chi connectivity index (χ0n) is 15.0. The van der Waals surface area contributed by atoms with Crippen molar-refractivity contribution in [2.24, 2.45) is 0 Å². The van der Waals surface area contributed by atoms with E-state index in [4.69, 9.17) is 9.47 Å². The van der Waals surface area contributed by atoms with E-state index >= 15 is 0 Å². The van der Waals surface area contributed by atoms with E-state index in [9.17, 15) is 4.79 Å². The van der Waals surface area contributed by atoms with Gasteiger partial charge in [-0.25, -0.2) is 0 Å². The molecule has 0 aliphatic rings. The van der Waals surface area contributed by atoms with Crippen molar-refractivity contribution in [3.63, 3.8) is 0 Å². The van der Waals surface area contributed by atoms with Crippen LogP contribution in [0.4, 0.5) is 0 Å². The van der Waals surface area contributed by atoms with Crippen LogP contribution in [0.3, 0.4) is 0 Å². The van der Waals surface area contributed by atoms with E-state index in [0.717, 1.165) is 11.5 Å². The Morgan fingerprint density at radius 1 is 1.16 bits per heavy atom. The van der Waals surface area contributed by atoms with Gasteiger partial charge in [-0.3, -0.25) is 4.79 Å². The van der Waals surface area contributed by atoms with Crippen LogP contribution in [0, 0.1) is 6.92 Å². The third-order valence-corrected chi connectivity index (χ3v) is 4.67. The fraction of sp³-hybridized carbons (Fsp3) is 0.350. The highest BCUT2D eigenvalue weighted by atomic mass is 32.2. The van der Waals surface area contributed by atoms with E-state index in [0.29, 0.717) is 18.0 Å². The van der Waals surface area contributed by atoms with Gasteiger partial charge in [0.25, 0.3) is 5.91 Å². The van der Waals surface area contributed by atoms with Gasteiger partial charge in [0.1, 0.15) is 0 Å². The number of para-hydroxylation sites is 2. The number of amides is 1. The summed E-state index contributed by atoms with van der Waals surface area (Å²) in [4.78, 5) is 12.1. The molecule has 0 aliphatic heterocycles. The smallest absolute Gasteiger partial charge is 0.260 e. The van der Waals surface area contributed by atoms with Crippen molar-refractivity contribution in [2.75, 3.05) is 19.4 Å². The van der Waals surface area contributed by atoms with Gasteiger partial charge in [-0.1, -0.05) is 42.0 Å². The predicted octanol–water partition coefficient (Wildman–Crippen LogP) is 3.82. The molecule has 1 atom stereocenters. The predicted molar refractivity (Wildman–Crippen MR) is 103 cm³/mol. The van der Waals surface area contributed by atoms with Crippen molar-refractivity contribution in [1.82, 2.24) is 5.32 Å². The van der Waals surface area contributed by atoms with Crippen LogP contribution in [-0.4, -0.2) is 31.4 Å². The first kappa shape index (κ1) is 19.2. The third kappa shape index (κ3) is 6.35. The van der Waals surface area contributed by atoms with Gasteiger partial charge in [0, 0.05) is 18.1 Å². The average Bonchev–Trinajstić information content (AvgIpc) is 2.61. The van der Waals surface area contributed by atoms with Gasteiger partial charge in [-0.2, -0.15) is 11.8 Å². The van der Waals surface area contributed by atoms with Gasteiger partial charge < -0.3 is 14.8 Å². The number of methoxy groups -OCH3 is 1. The molecule has 0 aromatic heterocycles. The molecule has 0 fully saturated rings. The molecule has 0 bridgehead atoms. The normalized spacial score (nSPS) is 11.6. The zero-order valence-corrected chi connectivity index (χ0v) is 15.8. The van der Waals surface area contributed by atoms with E-state index < -0.39 is 6.10 Å². The molecule has 1 amide bonds. The molecule has 1 N–H and O–H groups in total. The fourth-order valence-corrected chi connectivity index (χ4v) is 3.15. The van der Waals surface area contributed by atoms with Crippen molar-refractivity contribution in [3.8, 4) is 11.5 Å². The highest BCUT2D eigenvalue weighted by molar-refractivity contribution is 7.98. The SMILES string of the molecule is COc1ccccc1O[C@H](C)C(=O)NCCSCc1cccc(C)c1. The number of aryl methyl sites for hydroxylation is 1. The van der Waals surface area contributed by atoms with Gasteiger partial charge in [0.2, 0.25) is 0 Å². The number of carbonyl (C=O) groups excluding carboxylic acids is 1. The van der Waals surface area contributed by atoms with E-state index in [1.165, 1.54) is 11.1 Å². The van der Waals surface area contributed by atoms with Gasteiger partial charge >= 0.3 is 0 Å². The molecule has 2 aromatic rings. The Kier molecular flexibility index (Phi) is 7.67. The number of benzene rings is 2. The average molecular weight is 359 g/mol. The van der Waals surface area contributed by atoms with Crippen LogP contribution in [0.25, 0.3) is 0 Å². The summed E-state index contributed by atoms with van der Waals surface area (Å²) in [6.07, 6.45) is -0.571. The van der Waals surface area contributed by atoms with Crippen LogP contribution < -0.4 is 14.8 Å². The fourth-order valence-electron chi connectivity index (χ4n) is 2.34. The number of nitrogens with one attached hydrogen (secondary N) is 1. The molecule has 0 spiro atoms. The van der Waals surface area contributed by atoms with Crippen molar-refractivity contribution in [3.05, 3.63) is 59.7 Å². The lowest BCUT2D eigenvalue weighted by molar-refractivity contribution is -0.127. The first-order chi connectivity index (χ1) is 12.1. The molecule has 2 rings (SSSR count). The summed E-state index contributed by atoms with van der Waals surface area (Å²) in [5.41, 5.74) is 2.58. The van der Waals surface area contributed by atoms with Crippen molar-refractivity contribution >= 4 is 17.7 Å². The molecule has 134 valence electrons. The molecule has 4 nitrogen and oxygen atoms in total. The third-order valence-electron chi connectivity index (χ3n) is 3.64. The molecule has 5 heteroatoms. The lowest BCUT2D eigenvalue weighted by Gasteiger charge is -2.16. The minimum absolute atomic E-state index is 0.123. The first-order valence-electron chi connectivity index (χ1n) is 8.31. The molecular weight excluding hydrogens is 334 g/mol. The van der Waals surface area contributed by atoms with Crippen molar-refractivity contribution < 1.29 is 14.3 Å². The summed E-state index contributed by atoms with van der Waals surface area (Å²) in [6.45, 7) is 4.45. The van der Waals surface area contributed by atoms with Crippen molar-refractivity contribution in [1.29, 1.82) is 0 Å². The molecule has 0 unspecified atom stereocenters. The molecule has 2 aromatic carbocycles. The van der Waals surface area contributed by atoms with Crippen LogP contribution in [-0.2, 0) is 10.5 Å². The first-order valence-corrected chi connectivity index (χ1v) is 9.46. The number of ether oxygens (including phenoxy) is 2. The lowest BCUT2D eigenvalue weighted by atomic mass is 10.2. The minimum Gasteiger partial charge on any atom is -0.493 e. The van der Waals surface area contributed by atoms with E-state index in [1.54, 1.807) is 31.9 Å². The number of carbonyl (C=O) groups is 1. The van der Waals surface area contributed by atoms with Crippen molar-refractivity contribution in [2.45, 2.75) is 25.7 Å². The van der Waals surface area contributed by atoms with E-state index in [-0.39, 0.29) is 5.91 Å². The Labute approximate surface area is 153 Å². The van der Waals surface area contributed by atoms with E-state index in [1.807, 2.05) is 18.2 Å². The molecule has 0 heterocycles. The Balaban J connectivity index is 1.69. The summed E-state index contributed by atoms with van der Waals surface area (Å²) in [5.74, 6) is 2.88. The zero-order chi connectivity index (χ0) is 18.1. The van der Waals surface area contributed by atoms with Crippen LogP contribution in [0.5, 0.6) is 11.5 Å². The molecule has 0 radical (unpaired) electrons. The minimum atomic E-state index is -0.571. The number of rotatable bonds is 9. The Bertz CT molecular complexity index is 690. The van der Waals surface area contributed by atoms with Gasteiger partial charge in [0.05, 0.1) is 7.11 Å². The van der Waals surface area contributed by atoms with Crippen LogP contribution >= 0.6 is 11.8 Å². The summed E-state index contributed by atoms with van der Waals surface area (Å²) < 4.78 is 10.9. The maximum Gasteiger partial charge on any atom is 0.260 e. The van der Waals surface area contributed by atoms with Crippen LogP contribution in [0.15, 0.2) is 48.5 Å². The van der Waals surface area contributed by atoms with Crippen LogP contribution in [0.1, 0.15) is 18.1 Å². The lowest BCUT2D eigenvalue weighted by Crippen LogP contribution is -2.37. The molecule has 0 saturated carbocycles. The maximum absolute atomic E-state index is 12.1.